The van der Waals surface area contributed by atoms with Crippen molar-refractivity contribution in [3.63, 3.8) is 0 Å². The lowest BCUT2D eigenvalue weighted by atomic mass is 10.1. The molecular weight excluding hydrogens is 358 g/mol. The van der Waals surface area contributed by atoms with Crippen LogP contribution in [0, 0.1) is 6.92 Å². The molecule has 28 heavy (non-hydrogen) atoms. The number of carbonyl (C=O) groups is 1. The summed E-state index contributed by atoms with van der Waals surface area (Å²) in [5, 5.41) is 22.0. The summed E-state index contributed by atoms with van der Waals surface area (Å²) in [6, 6.07) is 18.9. The van der Waals surface area contributed by atoms with E-state index in [-0.39, 0.29) is 12.1 Å². The molecule has 0 unspecified atom stereocenters. The van der Waals surface area contributed by atoms with Crippen molar-refractivity contribution in [2.24, 2.45) is 0 Å². The SMILES string of the molecule is Cc1cc(O)c(=O)c(O)cc1C(=O)NCc1ccc(Oc2ccccc2)cc1. The van der Waals surface area contributed by atoms with E-state index in [0.29, 0.717) is 11.3 Å². The Bertz CT molecular complexity index is 1050. The van der Waals surface area contributed by atoms with Gasteiger partial charge in [0.2, 0.25) is 0 Å². The Balaban J connectivity index is 1.68. The zero-order valence-electron chi connectivity index (χ0n) is 15.2. The van der Waals surface area contributed by atoms with Crippen LogP contribution in [0.4, 0.5) is 0 Å². The zero-order chi connectivity index (χ0) is 20.1. The van der Waals surface area contributed by atoms with E-state index in [4.69, 9.17) is 4.74 Å². The highest BCUT2D eigenvalue weighted by Gasteiger charge is 2.13. The molecule has 0 saturated heterocycles. The number of rotatable bonds is 5. The van der Waals surface area contributed by atoms with Crippen LogP contribution in [-0.2, 0) is 6.54 Å². The lowest BCUT2D eigenvalue weighted by Gasteiger charge is -2.08. The average molecular weight is 377 g/mol. The van der Waals surface area contributed by atoms with Crippen molar-refractivity contribution in [3.05, 3.63) is 93.6 Å². The van der Waals surface area contributed by atoms with Gasteiger partial charge in [-0.15, -0.1) is 0 Å². The lowest BCUT2D eigenvalue weighted by molar-refractivity contribution is 0.0950. The van der Waals surface area contributed by atoms with Crippen molar-refractivity contribution in [2.45, 2.75) is 13.5 Å². The molecule has 3 aromatic rings. The normalized spacial score (nSPS) is 10.3. The van der Waals surface area contributed by atoms with Crippen LogP contribution in [0.3, 0.4) is 0 Å². The number of para-hydroxylation sites is 1. The number of ether oxygens (including phenoxy) is 1. The first-order chi connectivity index (χ1) is 13.4. The minimum Gasteiger partial charge on any atom is -0.504 e. The van der Waals surface area contributed by atoms with Gasteiger partial charge in [-0.25, -0.2) is 0 Å². The van der Waals surface area contributed by atoms with Crippen molar-refractivity contribution in [3.8, 4) is 23.0 Å². The van der Waals surface area contributed by atoms with Crippen molar-refractivity contribution < 1.29 is 19.7 Å². The molecule has 3 N–H and O–H groups in total. The molecule has 0 aliphatic heterocycles. The summed E-state index contributed by atoms with van der Waals surface area (Å²) in [6.45, 7) is 1.82. The first-order valence-corrected chi connectivity index (χ1v) is 8.61. The smallest absolute Gasteiger partial charge is 0.261 e. The third-order valence-corrected chi connectivity index (χ3v) is 4.12. The van der Waals surface area contributed by atoms with E-state index in [9.17, 15) is 19.8 Å². The molecule has 0 aliphatic carbocycles. The summed E-state index contributed by atoms with van der Waals surface area (Å²) in [5.41, 5.74) is 0.414. The van der Waals surface area contributed by atoms with Crippen LogP contribution in [0.1, 0.15) is 21.5 Å². The largest absolute Gasteiger partial charge is 0.504 e. The summed E-state index contributed by atoms with van der Waals surface area (Å²) in [5.74, 6) is -0.346. The van der Waals surface area contributed by atoms with Gasteiger partial charge in [0, 0.05) is 12.1 Å². The van der Waals surface area contributed by atoms with E-state index < -0.39 is 22.8 Å². The number of hydrogen-bond acceptors (Lipinski definition) is 5. The second-order valence-corrected chi connectivity index (χ2v) is 6.23. The molecule has 3 rings (SSSR count). The van der Waals surface area contributed by atoms with E-state index in [1.165, 1.54) is 0 Å². The molecular formula is C22H19NO5. The van der Waals surface area contributed by atoms with Gasteiger partial charge in [-0.1, -0.05) is 30.3 Å². The second-order valence-electron chi connectivity index (χ2n) is 6.23. The maximum absolute atomic E-state index is 12.4. The second kappa shape index (κ2) is 8.26. The summed E-state index contributed by atoms with van der Waals surface area (Å²) < 4.78 is 5.72. The molecule has 0 atom stereocenters. The van der Waals surface area contributed by atoms with Crippen molar-refractivity contribution in [1.82, 2.24) is 5.32 Å². The fourth-order valence-electron chi connectivity index (χ4n) is 2.62. The highest BCUT2D eigenvalue weighted by Crippen LogP contribution is 2.21. The molecule has 0 bridgehead atoms. The fourth-order valence-corrected chi connectivity index (χ4v) is 2.62. The number of benzene rings is 2. The van der Waals surface area contributed by atoms with Crippen LogP contribution >= 0.6 is 0 Å². The van der Waals surface area contributed by atoms with Crippen LogP contribution in [0.15, 0.2) is 71.5 Å². The number of aromatic hydroxyl groups is 2. The maximum atomic E-state index is 12.4. The summed E-state index contributed by atoms with van der Waals surface area (Å²) in [6.07, 6.45) is 0. The lowest BCUT2D eigenvalue weighted by Crippen LogP contribution is -2.23. The molecule has 3 aromatic carbocycles. The summed E-state index contributed by atoms with van der Waals surface area (Å²) >= 11 is 0. The number of amides is 1. The van der Waals surface area contributed by atoms with Gasteiger partial charge in [0.1, 0.15) is 11.5 Å². The zero-order valence-corrected chi connectivity index (χ0v) is 15.2. The summed E-state index contributed by atoms with van der Waals surface area (Å²) in [4.78, 5) is 24.0. The third kappa shape index (κ3) is 4.48. The van der Waals surface area contributed by atoms with Crippen molar-refractivity contribution >= 4 is 5.91 Å². The molecule has 0 aromatic heterocycles. The van der Waals surface area contributed by atoms with Crippen LogP contribution in [-0.4, -0.2) is 16.1 Å². The molecule has 1 amide bonds. The van der Waals surface area contributed by atoms with Crippen LogP contribution in [0.2, 0.25) is 0 Å². The topological polar surface area (TPSA) is 95.9 Å². The van der Waals surface area contributed by atoms with Crippen molar-refractivity contribution in [2.75, 3.05) is 0 Å². The van der Waals surface area contributed by atoms with E-state index in [0.717, 1.165) is 23.4 Å². The third-order valence-electron chi connectivity index (χ3n) is 4.12. The van der Waals surface area contributed by atoms with Crippen LogP contribution in [0.25, 0.3) is 0 Å². The predicted octanol–water partition coefficient (Wildman–Crippen LogP) is 3.49. The monoisotopic (exact) mass is 377 g/mol. The molecule has 0 radical (unpaired) electrons. The maximum Gasteiger partial charge on any atom is 0.261 e. The van der Waals surface area contributed by atoms with Gasteiger partial charge >= 0.3 is 0 Å². The molecule has 0 fully saturated rings. The average Bonchev–Trinajstić information content (AvgIpc) is 2.79. The Kier molecular flexibility index (Phi) is 5.60. The molecule has 0 saturated carbocycles. The van der Waals surface area contributed by atoms with E-state index in [2.05, 4.69) is 5.32 Å². The Labute approximate surface area is 161 Å². The Morgan fingerprint density at radius 3 is 2.21 bits per heavy atom. The molecule has 6 nitrogen and oxygen atoms in total. The Morgan fingerprint density at radius 2 is 1.54 bits per heavy atom. The van der Waals surface area contributed by atoms with Crippen LogP contribution in [0.5, 0.6) is 23.0 Å². The van der Waals surface area contributed by atoms with Gasteiger partial charge in [0.05, 0.1) is 0 Å². The minimum atomic E-state index is -0.920. The Hall–Kier alpha value is -3.80. The van der Waals surface area contributed by atoms with E-state index in [1.807, 2.05) is 42.5 Å². The number of hydrogen-bond donors (Lipinski definition) is 3. The van der Waals surface area contributed by atoms with Crippen LogP contribution < -0.4 is 15.5 Å². The fraction of sp³-hybridized carbons (Fsp3) is 0.0909. The number of aryl methyl sites for hydroxylation is 1. The highest BCUT2D eigenvalue weighted by atomic mass is 16.5. The van der Waals surface area contributed by atoms with Gasteiger partial charge in [-0.2, -0.15) is 0 Å². The minimum absolute atomic E-state index is 0.110. The molecule has 0 heterocycles. The number of nitrogens with one attached hydrogen (secondary N) is 1. The molecule has 0 spiro atoms. The van der Waals surface area contributed by atoms with Gasteiger partial charge in [-0.05, 0) is 54.4 Å². The quantitative estimate of drug-likeness (QED) is 0.633. The van der Waals surface area contributed by atoms with Gasteiger partial charge < -0.3 is 20.3 Å². The van der Waals surface area contributed by atoms with E-state index >= 15 is 0 Å². The highest BCUT2D eigenvalue weighted by molar-refractivity contribution is 5.95. The first kappa shape index (κ1) is 19.0. The summed E-state index contributed by atoms with van der Waals surface area (Å²) in [7, 11) is 0. The van der Waals surface area contributed by atoms with Crippen molar-refractivity contribution in [1.29, 1.82) is 0 Å². The predicted molar refractivity (Wildman–Crippen MR) is 105 cm³/mol. The van der Waals surface area contributed by atoms with Gasteiger partial charge in [0.25, 0.3) is 11.3 Å². The van der Waals surface area contributed by atoms with Gasteiger partial charge in [-0.3, -0.25) is 9.59 Å². The standard InChI is InChI=1S/C22H19NO5/c1-14-11-19(24)21(26)20(25)12-18(14)22(27)23-13-15-7-9-17(10-8-15)28-16-5-3-2-4-6-16/h2-12H,13H2,1H3,(H,23,27)(H2,24,25,26). The van der Waals surface area contributed by atoms with Gasteiger partial charge in [0.15, 0.2) is 11.5 Å². The Morgan fingerprint density at radius 1 is 0.929 bits per heavy atom. The number of carbonyl (C=O) groups excluding carboxylic acids is 1. The van der Waals surface area contributed by atoms with E-state index in [1.54, 1.807) is 19.1 Å². The molecule has 142 valence electrons. The first-order valence-electron chi connectivity index (χ1n) is 8.61. The molecule has 6 heteroatoms. The molecule has 0 aliphatic rings.